The predicted octanol–water partition coefficient (Wildman–Crippen LogP) is 1.33. The number of carbonyl (C=O) groups is 1. The highest BCUT2D eigenvalue weighted by molar-refractivity contribution is 9.10. The van der Waals surface area contributed by atoms with Crippen LogP contribution in [0.3, 0.4) is 0 Å². The first-order valence-corrected chi connectivity index (χ1v) is 5.03. The summed E-state index contributed by atoms with van der Waals surface area (Å²) in [6.07, 6.45) is 0. The van der Waals surface area contributed by atoms with Gasteiger partial charge in [0.25, 0.3) is 0 Å². The fourth-order valence-electron chi connectivity index (χ4n) is 0.979. The van der Waals surface area contributed by atoms with E-state index in [9.17, 15) is 9.18 Å². The number of rotatable bonds is 3. The van der Waals surface area contributed by atoms with E-state index in [1.54, 1.807) is 0 Å². The molecule has 1 amide bonds. The Hall–Kier alpha value is -1.30. The molecule has 0 unspecified atom stereocenters. The van der Waals surface area contributed by atoms with Gasteiger partial charge in [0.15, 0.2) is 0 Å². The maximum atomic E-state index is 13.1. The maximum Gasteiger partial charge on any atom is 0.239 e. The van der Waals surface area contributed by atoms with Gasteiger partial charge < -0.3 is 16.4 Å². The summed E-state index contributed by atoms with van der Waals surface area (Å²) in [5, 5.41) is 5.17. The summed E-state index contributed by atoms with van der Waals surface area (Å²) >= 11 is 3.01. The molecule has 0 bridgehead atoms. The normalized spacial score (nSPS) is 9.80. The molecular formula is C9H11BrFN3O. The second-order valence-electron chi connectivity index (χ2n) is 2.88. The van der Waals surface area contributed by atoms with Gasteiger partial charge in [0, 0.05) is 13.1 Å². The van der Waals surface area contributed by atoms with E-state index in [4.69, 9.17) is 5.73 Å². The van der Waals surface area contributed by atoms with Gasteiger partial charge >= 0.3 is 0 Å². The number of amides is 1. The average molecular weight is 276 g/mol. The van der Waals surface area contributed by atoms with Crippen molar-refractivity contribution >= 4 is 33.2 Å². The number of nitrogens with two attached hydrogens (primary N) is 1. The second kappa shape index (κ2) is 4.97. The highest BCUT2D eigenvalue weighted by Gasteiger charge is 2.06. The zero-order valence-corrected chi connectivity index (χ0v) is 9.69. The highest BCUT2D eigenvalue weighted by Crippen LogP contribution is 2.26. The summed E-state index contributed by atoms with van der Waals surface area (Å²) in [5.74, 6) is -0.624. The van der Waals surface area contributed by atoms with E-state index >= 15 is 0 Å². The van der Waals surface area contributed by atoms with Gasteiger partial charge in [-0.3, -0.25) is 4.79 Å². The van der Waals surface area contributed by atoms with Crippen LogP contribution in [-0.2, 0) is 4.79 Å². The van der Waals surface area contributed by atoms with E-state index in [0.717, 1.165) is 0 Å². The van der Waals surface area contributed by atoms with Crippen molar-refractivity contribution in [3.8, 4) is 0 Å². The van der Waals surface area contributed by atoms with Crippen molar-refractivity contribution in [2.45, 2.75) is 0 Å². The quantitative estimate of drug-likeness (QED) is 0.729. The molecule has 0 aliphatic rings. The molecule has 0 spiro atoms. The summed E-state index contributed by atoms with van der Waals surface area (Å²) in [4.78, 5) is 10.9. The fraction of sp³-hybridized carbons (Fsp3) is 0.222. The van der Waals surface area contributed by atoms with E-state index in [2.05, 4.69) is 26.6 Å². The predicted molar refractivity (Wildman–Crippen MR) is 61.1 cm³/mol. The molecule has 15 heavy (non-hydrogen) atoms. The number of nitrogen functional groups attached to an aromatic ring is 1. The van der Waals surface area contributed by atoms with Crippen molar-refractivity contribution in [3.63, 3.8) is 0 Å². The molecule has 1 aromatic carbocycles. The minimum absolute atomic E-state index is 0.0573. The van der Waals surface area contributed by atoms with Crippen LogP contribution in [0.2, 0.25) is 0 Å². The van der Waals surface area contributed by atoms with Crippen molar-refractivity contribution in [2.75, 3.05) is 24.6 Å². The number of anilines is 2. The Kier molecular flexibility index (Phi) is 3.90. The van der Waals surface area contributed by atoms with Crippen LogP contribution in [0, 0.1) is 5.82 Å². The molecule has 0 aromatic heterocycles. The molecule has 1 aromatic rings. The molecule has 6 heteroatoms. The van der Waals surface area contributed by atoms with Crippen LogP contribution in [0.25, 0.3) is 0 Å². The van der Waals surface area contributed by atoms with Gasteiger partial charge in [0.05, 0.1) is 22.4 Å². The molecular weight excluding hydrogens is 265 g/mol. The third-order valence-corrected chi connectivity index (χ3v) is 2.42. The Bertz CT molecular complexity index is 384. The molecule has 0 heterocycles. The molecule has 0 aliphatic heterocycles. The number of hydrogen-bond acceptors (Lipinski definition) is 3. The van der Waals surface area contributed by atoms with Gasteiger partial charge in [-0.2, -0.15) is 0 Å². The number of carbonyl (C=O) groups excluding carboxylic acids is 1. The van der Waals surface area contributed by atoms with Gasteiger partial charge in [-0.05, 0) is 22.0 Å². The molecule has 1 rings (SSSR count). The van der Waals surface area contributed by atoms with Crippen molar-refractivity contribution in [2.24, 2.45) is 0 Å². The minimum atomic E-state index is -0.427. The lowest BCUT2D eigenvalue weighted by Gasteiger charge is -2.09. The van der Waals surface area contributed by atoms with Crippen molar-refractivity contribution in [1.82, 2.24) is 5.32 Å². The Morgan fingerprint density at radius 1 is 1.60 bits per heavy atom. The van der Waals surface area contributed by atoms with Gasteiger partial charge in [0.1, 0.15) is 5.82 Å². The zero-order valence-electron chi connectivity index (χ0n) is 8.10. The topological polar surface area (TPSA) is 67.2 Å². The molecule has 0 saturated carbocycles. The third kappa shape index (κ3) is 3.09. The second-order valence-corrected chi connectivity index (χ2v) is 3.73. The monoisotopic (exact) mass is 275 g/mol. The number of benzene rings is 1. The summed E-state index contributed by atoms with van der Waals surface area (Å²) in [7, 11) is 1.52. The molecule has 0 fully saturated rings. The van der Waals surface area contributed by atoms with Gasteiger partial charge in [-0.25, -0.2) is 4.39 Å². The molecule has 82 valence electrons. The first-order valence-electron chi connectivity index (χ1n) is 4.23. The fourth-order valence-corrected chi connectivity index (χ4v) is 1.34. The lowest BCUT2D eigenvalue weighted by Crippen LogP contribution is -2.26. The summed E-state index contributed by atoms with van der Waals surface area (Å²) in [6.45, 7) is 0.0573. The number of likely N-dealkylation sites (N-methyl/N-ethyl adjacent to an activating group) is 1. The van der Waals surface area contributed by atoms with Crippen LogP contribution in [0.4, 0.5) is 15.8 Å². The first-order chi connectivity index (χ1) is 7.04. The summed E-state index contributed by atoms with van der Waals surface area (Å²) in [6, 6.07) is 2.68. The standard InChI is InChI=1S/C9H11BrFN3O/c1-13-9(15)4-14-8-3-6(11)5(10)2-7(8)12/h2-3,14H,4,12H2,1H3,(H,13,15). The number of hydrogen-bond donors (Lipinski definition) is 3. The van der Waals surface area contributed by atoms with E-state index in [1.165, 1.54) is 19.2 Å². The van der Waals surface area contributed by atoms with Gasteiger partial charge in [-0.1, -0.05) is 0 Å². The summed E-state index contributed by atoms with van der Waals surface area (Å²) in [5.41, 5.74) is 6.41. The number of halogens is 2. The van der Waals surface area contributed by atoms with Crippen molar-refractivity contribution < 1.29 is 9.18 Å². The van der Waals surface area contributed by atoms with Gasteiger partial charge in [-0.15, -0.1) is 0 Å². The Morgan fingerprint density at radius 2 is 2.27 bits per heavy atom. The average Bonchev–Trinajstić information content (AvgIpc) is 2.21. The van der Waals surface area contributed by atoms with Gasteiger partial charge in [0.2, 0.25) is 5.91 Å². The molecule has 0 saturated heterocycles. The van der Waals surface area contributed by atoms with Crippen molar-refractivity contribution in [1.29, 1.82) is 0 Å². The third-order valence-electron chi connectivity index (χ3n) is 1.81. The molecule has 0 atom stereocenters. The molecule has 4 N–H and O–H groups in total. The first kappa shape index (κ1) is 11.8. The smallest absolute Gasteiger partial charge is 0.239 e. The SMILES string of the molecule is CNC(=O)CNc1cc(F)c(Br)cc1N. The molecule has 0 aliphatic carbocycles. The van der Waals surface area contributed by atoms with E-state index in [1.807, 2.05) is 0 Å². The Morgan fingerprint density at radius 3 is 2.87 bits per heavy atom. The largest absolute Gasteiger partial charge is 0.397 e. The van der Waals surface area contributed by atoms with E-state index < -0.39 is 5.82 Å². The Balaban J connectivity index is 2.77. The maximum absolute atomic E-state index is 13.1. The molecule has 0 radical (unpaired) electrons. The van der Waals surface area contributed by atoms with Crippen LogP contribution in [0.5, 0.6) is 0 Å². The van der Waals surface area contributed by atoms with Crippen molar-refractivity contribution in [3.05, 3.63) is 22.4 Å². The number of nitrogens with one attached hydrogen (secondary N) is 2. The Labute approximate surface area is 95.2 Å². The summed E-state index contributed by atoms with van der Waals surface area (Å²) < 4.78 is 13.4. The lowest BCUT2D eigenvalue weighted by molar-refractivity contribution is -0.118. The minimum Gasteiger partial charge on any atom is -0.397 e. The molecule has 4 nitrogen and oxygen atoms in total. The zero-order chi connectivity index (χ0) is 11.4. The van der Waals surface area contributed by atoms with Crippen LogP contribution in [0.15, 0.2) is 16.6 Å². The van der Waals surface area contributed by atoms with E-state index in [0.29, 0.717) is 15.8 Å². The highest BCUT2D eigenvalue weighted by atomic mass is 79.9. The van der Waals surface area contributed by atoms with Crippen LogP contribution in [0.1, 0.15) is 0 Å². The lowest BCUT2D eigenvalue weighted by atomic mass is 10.2. The van der Waals surface area contributed by atoms with Crippen LogP contribution >= 0.6 is 15.9 Å². The van der Waals surface area contributed by atoms with Crippen LogP contribution in [-0.4, -0.2) is 19.5 Å². The van der Waals surface area contributed by atoms with E-state index in [-0.39, 0.29) is 12.5 Å². The van der Waals surface area contributed by atoms with Crippen LogP contribution < -0.4 is 16.4 Å².